The fraction of sp³-hybridized carbons (Fsp3) is 0.250. The molecule has 0 atom stereocenters. The number of thiophene rings is 1. The minimum absolute atomic E-state index is 0.373. The molecule has 0 radical (unpaired) electrons. The SMILES string of the molecule is CNc1ncc2c(n1)-c1sc(C(=O)O)cc1CC2. The van der Waals surface area contributed by atoms with Gasteiger partial charge in [0.1, 0.15) is 4.88 Å². The second-order valence-corrected chi connectivity index (χ2v) is 5.14. The van der Waals surface area contributed by atoms with Gasteiger partial charge in [-0.05, 0) is 30.0 Å². The van der Waals surface area contributed by atoms with Gasteiger partial charge in [-0.15, -0.1) is 11.3 Å². The standard InChI is InChI=1S/C12H11N3O2S/c1-13-12-14-5-7-3-2-6-4-8(11(16)17)18-10(6)9(7)15-12/h4-5H,2-3H2,1H3,(H,16,17)(H,13,14,15). The average Bonchev–Trinajstić information content (AvgIpc) is 2.82. The highest BCUT2D eigenvalue weighted by Gasteiger charge is 2.23. The Morgan fingerprint density at radius 3 is 2.94 bits per heavy atom. The highest BCUT2D eigenvalue weighted by atomic mass is 32.1. The number of rotatable bonds is 2. The van der Waals surface area contributed by atoms with E-state index in [-0.39, 0.29) is 0 Å². The van der Waals surface area contributed by atoms with Crippen LogP contribution in [0.25, 0.3) is 10.6 Å². The summed E-state index contributed by atoms with van der Waals surface area (Å²) in [7, 11) is 1.77. The van der Waals surface area contributed by atoms with Gasteiger partial charge in [0.05, 0.1) is 10.6 Å². The Bertz CT molecular complexity index is 636. The number of carboxylic acids is 1. The summed E-state index contributed by atoms with van der Waals surface area (Å²) in [6.07, 6.45) is 3.54. The lowest BCUT2D eigenvalue weighted by Crippen LogP contribution is -2.06. The molecule has 0 fully saturated rings. The molecule has 0 unspecified atom stereocenters. The highest BCUT2D eigenvalue weighted by Crippen LogP contribution is 2.38. The molecular formula is C12H11N3O2S. The van der Waals surface area contributed by atoms with Gasteiger partial charge in [0.15, 0.2) is 0 Å². The topological polar surface area (TPSA) is 75.1 Å². The number of fused-ring (bicyclic) bond motifs is 3. The number of hydrogen-bond donors (Lipinski definition) is 2. The van der Waals surface area contributed by atoms with Crippen LogP contribution < -0.4 is 5.32 Å². The number of anilines is 1. The van der Waals surface area contributed by atoms with Crippen LogP contribution in [0, 0.1) is 0 Å². The zero-order chi connectivity index (χ0) is 12.7. The summed E-state index contributed by atoms with van der Waals surface area (Å²) in [5.74, 6) is -0.314. The monoisotopic (exact) mass is 261 g/mol. The maximum absolute atomic E-state index is 11.0. The van der Waals surface area contributed by atoms with Crippen LogP contribution >= 0.6 is 11.3 Å². The van der Waals surface area contributed by atoms with Crippen molar-refractivity contribution in [1.29, 1.82) is 0 Å². The molecule has 1 aliphatic carbocycles. The number of hydrogen-bond acceptors (Lipinski definition) is 5. The molecule has 2 aromatic rings. The summed E-state index contributed by atoms with van der Waals surface area (Å²) < 4.78 is 0. The summed E-state index contributed by atoms with van der Waals surface area (Å²) in [5.41, 5.74) is 3.03. The van der Waals surface area contributed by atoms with Crippen molar-refractivity contribution in [3.63, 3.8) is 0 Å². The minimum Gasteiger partial charge on any atom is -0.477 e. The van der Waals surface area contributed by atoms with Gasteiger partial charge in [0.25, 0.3) is 0 Å². The number of nitrogens with one attached hydrogen (secondary N) is 1. The Morgan fingerprint density at radius 2 is 2.22 bits per heavy atom. The summed E-state index contributed by atoms with van der Waals surface area (Å²) in [6.45, 7) is 0. The summed E-state index contributed by atoms with van der Waals surface area (Å²) in [4.78, 5) is 21.0. The number of aromatic carboxylic acids is 1. The first-order valence-corrected chi connectivity index (χ1v) is 6.40. The molecule has 5 nitrogen and oxygen atoms in total. The predicted octanol–water partition coefficient (Wildman–Crippen LogP) is 2.04. The van der Waals surface area contributed by atoms with Gasteiger partial charge in [-0.25, -0.2) is 14.8 Å². The van der Waals surface area contributed by atoms with Crippen LogP contribution in [0.5, 0.6) is 0 Å². The lowest BCUT2D eigenvalue weighted by Gasteiger charge is -2.15. The fourth-order valence-electron chi connectivity index (χ4n) is 2.10. The maximum atomic E-state index is 11.0. The largest absolute Gasteiger partial charge is 0.477 e. The molecule has 3 rings (SSSR count). The van der Waals surface area contributed by atoms with Crippen LogP contribution in [0.2, 0.25) is 0 Å². The summed E-state index contributed by atoms with van der Waals surface area (Å²) >= 11 is 1.29. The van der Waals surface area contributed by atoms with E-state index in [4.69, 9.17) is 5.11 Å². The smallest absolute Gasteiger partial charge is 0.345 e. The lowest BCUT2D eigenvalue weighted by atomic mass is 9.96. The van der Waals surface area contributed by atoms with Gasteiger partial charge < -0.3 is 10.4 Å². The van der Waals surface area contributed by atoms with E-state index in [0.717, 1.165) is 34.5 Å². The number of carboxylic acid groups (broad SMARTS) is 1. The molecule has 92 valence electrons. The Morgan fingerprint density at radius 1 is 1.44 bits per heavy atom. The average molecular weight is 261 g/mol. The number of aryl methyl sites for hydroxylation is 2. The van der Waals surface area contributed by atoms with Gasteiger partial charge in [0.2, 0.25) is 5.95 Å². The van der Waals surface area contributed by atoms with Gasteiger partial charge in [-0.1, -0.05) is 0 Å². The zero-order valence-corrected chi connectivity index (χ0v) is 10.5. The van der Waals surface area contributed by atoms with Gasteiger partial charge in [-0.3, -0.25) is 0 Å². The molecule has 2 heterocycles. The minimum atomic E-state index is -0.876. The van der Waals surface area contributed by atoms with Crippen LogP contribution in [-0.2, 0) is 12.8 Å². The number of nitrogens with zero attached hydrogens (tertiary/aromatic N) is 2. The third-order valence-electron chi connectivity index (χ3n) is 2.99. The Hall–Kier alpha value is -1.95. The van der Waals surface area contributed by atoms with Gasteiger partial charge in [-0.2, -0.15) is 0 Å². The molecule has 18 heavy (non-hydrogen) atoms. The van der Waals surface area contributed by atoms with Crippen molar-refractivity contribution in [2.45, 2.75) is 12.8 Å². The molecule has 2 aromatic heterocycles. The Labute approximate surface area is 108 Å². The van der Waals surface area contributed by atoms with E-state index < -0.39 is 5.97 Å². The van der Waals surface area contributed by atoms with Crippen molar-refractivity contribution in [2.75, 3.05) is 12.4 Å². The molecule has 6 heteroatoms. The van der Waals surface area contributed by atoms with Crippen molar-refractivity contribution in [1.82, 2.24) is 9.97 Å². The Kier molecular flexibility index (Phi) is 2.52. The maximum Gasteiger partial charge on any atom is 0.345 e. The zero-order valence-electron chi connectivity index (χ0n) is 9.73. The van der Waals surface area contributed by atoms with Crippen LogP contribution in [0.3, 0.4) is 0 Å². The number of carbonyl (C=O) groups is 1. The molecule has 0 amide bonds. The van der Waals surface area contributed by atoms with Crippen molar-refractivity contribution in [3.05, 3.63) is 28.3 Å². The first-order valence-electron chi connectivity index (χ1n) is 5.59. The predicted molar refractivity (Wildman–Crippen MR) is 69.3 cm³/mol. The first kappa shape index (κ1) is 11.2. The van der Waals surface area contributed by atoms with Gasteiger partial charge >= 0.3 is 5.97 Å². The lowest BCUT2D eigenvalue weighted by molar-refractivity contribution is 0.0702. The van der Waals surface area contributed by atoms with Crippen LogP contribution in [0.15, 0.2) is 12.3 Å². The fourth-order valence-corrected chi connectivity index (χ4v) is 3.17. The molecular weight excluding hydrogens is 250 g/mol. The summed E-state index contributed by atoms with van der Waals surface area (Å²) in [5, 5.41) is 12.0. The van der Waals surface area contributed by atoms with Crippen LogP contribution in [-0.4, -0.2) is 28.1 Å². The van der Waals surface area contributed by atoms with Crippen molar-refractivity contribution >= 4 is 23.3 Å². The molecule has 0 saturated carbocycles. The highest BCUT2D eigenvalue weighted by molar-refractivity contribution is 7.17. The van der Waals surface area contributed by atoms with E-state index in [1.807, 2.05) is 6.20 Å². The van der Waals surface area contributed by atoms with E-state index in [1.165, 1.54) is 11.3 Å². The normalized spacial score (nSPS) is 12.7. The number of aromatic nitrogens is 2. The molecule has 0 spiro atoms. The molecule has 1 aliphatic rings. The molecule has 2 N–H and O–H groups in total. The third kappa shape index (κ3) is 1.65. The van der Waals surface area contributed by atoms with E-state index in [2.05, 4.69) is 15.3 Å². The molecule has 0 bridgehead atoms. The first-order chi connectivity index (χ1) is 8.69. The van der Waals surface area contributed by atoms with E-state index in [1.54, 1.807) is 13.1 Å². The van der Waals surface area contributed by atoms with Crippen molar-refractivity contribution < 1.29 is 9.90 Å². The second kappa shape index (κ2) is 4.06. The molecule has 0 saturated heterocycles. The van der Waals surface area contributed by atoms with Crippen LogP contribution in [0.1, 0.15) is 20.8 Å². The van der Waals surface area contributed by atoms with Gasteiger partial charge in [0, 0.05) is 13.2 Å². The van der Waals surface area contributed by atoms with E-state index in [9.17, 15) is 4.79 Å². The molecule has 0 aromatic carbocycles. The quantitative estimate of drug-likeness (QED) is 0.865. The molecule has 0 aliphatic heterocycles. The van der Waals surface area contributed by atoms with E-state index in [0.29, 0.717) is 10.8 Å². The van der Waals surface area contributed by atoms with Crippen molar-refractivity contribution in [2.24, 2.45) is 0 Å². The van der Waals surface area contributed by atoms with Crippen LogP contribution in [0.4, 0.5) is 5.95 Å². The third-order valence-corrected chi connectivity index (χ3v) is 4.16. The van der Waals surface area contributed by atoms with E-state index >= 15 is 0 Å². The Balaban J connectivity index is 2.17. The van der Waals surface area contributed by atoms with Crippen molar-refractivity contribution in [3.8, 4) is 10.6 Å². The summed E-state index contributed by atoms with van der Waals surface area (Å²) in [6, 6.07) is 1.76. The second-order valence-electron chi connectivity index (χ2n) is 4.09.